The molecule has 41 heavy (non-hydrogen) atoms. The van der Waals surface area contributed by atoms with E-state index in [9.17, 15) is 14.7 Å². The van der Waals surface area contributed by atoms with E-state index >= 15 is 4.39 Å². The number of nitrogens with zero attached hydrogens (tertiary/aromatic N) is 4. The third-order valence-electron chi connectivity index (χ3n) is 8.74. The van der Waals surface area contributed by atoms with Crippen LogP contribution >= 0.6 is 11.6 Å². The number of halogens is 2. The van der Waals surface area contributed by atoms with Gasteiger partial charge in [-0.15, -0.1) is 0 Å². The van der Waals surface area contributed by atoms with E-state index in [-0.39, 0.29) is 57.8 Å². The van der Waals surface area contributed by atoms with Crippen LogP contribution in [0.2, 0.25) is 5.02 Å². The zero-order valence-corrected chi connectivity index (χ0v) is 24.5. The van der Waals surface area contributed by atoms with E-state index in [4.69, 9.17) is 26.1 Å². The highest BCUT2D eigenvalue weighted by Crippen LogP contribution is 2.50. The lowest BCUT2D eigenvalue weighted by Crippen LogP contribution is -2.58. The Morgan fingerprint density at radius 1 is 1.17 bits per heavy atom. The number of phenols is 1. The van der Waals surface area contributed by atoms with Crippen LogP contribution in [0.5, 0.6) is 11.5 Å². The van der Waals surface area contributed by atoms with Gasteiger partial charge >= 0.3 is 6.09 Å². The number of pyridine rings is 1. The molecular weight excluding hydrogens is 551 g/mol. The van der Waals surface area contributed by atoms with Gasteiger partial charge in [0.05, 0.1) is 11.6 Å². The predicted molar refractivity (Wildman–Crippen MR) is 152 cm³/mol. The largest absolute Gasteiger partial charge is 0.507 e. The molecule has 1 spiro atoms. The first-order valence-electron chi connectivity index (χ1n) is 14.3. The number of hydrogen-bond acceptors (Lipinski definition) is 7. The number of aromatic nitrogens is 1. The number of rotatable bonds is 2. The second-order valence-electron chi connectivity index (χ2n) is 12.7. The highest BCUT2D eigenvalue weighted by Gasteiger charge is 2.45. The summed E-state index contributed by atoms with van der Waals surface area (Å²) in [7, 11) is 0. The number of piperazine rings is 1. The zero-order chi connectivity index (χ0) is 29.1. The second kappa shape index (κ2) is 10.2. The molecule has 4 heterocycles. The fourth-order valence-corrected chi connectivity index (χ4v) is 7.02. The number of fused-ring (bicyclic) bond motifs is 2. The molecule has 4 aliphatic rings. The van der Waals surface area contributed by atoms with Crippen LogP contribution in [0.1, 0.15) is 63.2 Å². The van der Waals surface area contributed by atoms with Gasteiger partial charge in [-0.3, -0.25) is 4.79 Å². The maximum atomic E-state index is 15.1. The van der Waals surface area contributed by atoms with Crippen LogP contribution in [-0.4, -0.2) is 82.9 Å². The van der Waals surface area contributed by atoms with Crippen molar-refractivity contribution in [3.05, 3.63) is 34.6 Å². The van der Waals surface area contributed by atoms with Crippen molar-refractivity contribution in [2.24, 2.45) is 5.41 Å². The standard InChI is InChI=1S/C30H36ClFN4O5/c1-29(2,3)41-28(39)34-13-14-36-18(15-34)16-40-25-22(27(36)38)26(35-12-11-30(17-35)9-4-5-10-30)33-24(23(25)31)21-19(32)7-6-8-20(21)37/h6-8,18,37H,4-5,9-17H2,1-3H3. The lowest BCUT2D eigenvalue weighted by atomic mass is 9.86. The molecule has 2 aromatic rings. The van der Waals surface area contributed by atoms with Crippen LogP contribution < -0.4 is 9.64 Å². The van der Waals surface area contributed by atoms with Gasteiger partial charge in [0, 0.05) is 32.7 Å². The molecule has 2 amide bonds. The van der Waals surface area contributed by atoms with Crippen molar-refractivity contribution in [1.82, 2.24) is 14.8 Å². The summed E-state index contributed by atoms with van der Waals surface area (Å²) in [4.78, 5) is 37.3. The molecule has 1 aromatic heterocycles. The first kappa shape index (κ1) is 27.9. The van der Waals surface area contributed by atoms with Crippen LogP contribution in [-0.2, 0) is 4.74 Å². The van der Waals surface area contributed by atoms with Gasteiger partial charge in [0.15, 0.2) is 5.75 Å². The van der Waals surface area contributed by atoms with Gasteiger partial charge in [-0.1, -0.05) is 30.5 Å². The third-order valence-corrected chi connectivity index (χ3v) is 9.09. The molecule has 1 N–H and O–H groups in total. The molecule has 1 unspecified atom stereocenters. The second-order valence-corrected chi connectivity index (χ2v) is 13.1. The van der Waals surface area contributed by atoms with E-state index in [2.05, 4.69) is 4.90 Å². The van der Waals surface area contributed by atoms with Crippen molar-refractivity contribution >= 4 is 29.4 Å². The number of carbonyl (C=O) groups is 2. The molecule has 9 nitrogen and oxygen atoms in total. The number of anilines is 1. The SMILES string of the molecule is CC(C)(C)OC(=O)N1CCN2C(=O)c3c(N4CCC5(CCCC5)C4)nc(-c4c(O)cccc4F)c(Cl)c3OCC2C1. The monoisotopic (exact) mass is 586 g/mol. The molecule has 1 aromatic carbocycles. The van der Waals surface area contributed by atoms with Gasteiger partial charge in [0.1, 0.15) is 45.9 Å². The maximum Gasteiger partial charge on any atom is 0.410 e. The lowest BCUT2D eigenvalue weighted by Gasteiger charge is -2.40. The minimum Gasteiger partial charge on any atom is -0.507 e. The van der Waals surface area contributed by atoms with E-state index in [0.29, 0.717) is 25.5 Å². The smallest absolute Gasteiger partial charge is 0.410 e. The Morgan fingerprint density at radius 3 is 2.63 bits per heavy atom. The number of hydrogen-bond donors (Lipinski definition) is 1. The van der Waals surface area contributed by atoms with Crippen molar-refractivity contribution in [2.75, 3.05) is 44.2 Å². The summed E-state index contributed by atoms with van der Waals surface area (Å²) in [5, 5.41) is 10.6. The zero-order valence-electron chi connectivity index (χ0n) is 23.7. The molecule has 11 heteroatoms. The fraction of sp³-hybridized carbons (Fsp3) is 0.567. The Balaban J connectivity index is 1.41. The Kier molecular flexibility index (Phi) is 6.95. The van der Waals surface area contributed by atoms with Gasteiger partial charge < -0.3 is 29.3 Å². The summed E-state index contributed by atoms with van der Waals surface area (Å²) in [6.45, 7) is 7.80. The van der Waals surface area contributed by atoms with Crippen molar-refractivity contribution < 1.29 is 28.6 Å². The molecule has 220 valence electrons. The Bertz CT molecular complexity index is 1370. The summed E-state index contributed by atoms with van der Waals surface area (Å²) >= 11 is 6.85. The number of benzene rings is 1. The Hall–Kier alpha value is -3.27. The third kappa shape index (κ3) is 5.04. The molecule has 6 rings (SSSR count). The number of carbonyl (C=O) groups excluding carboxylic acids is 2. The van der Waals surface area contributed by atoms with Crippen LogP contribution in [0.25, 0.3) is 11.3 Å². The summed E-state index contributed by atoms with van der Waals surface area (Å²) in [6.07, 6.45) is 5.15. The molecule has 0 radical (unpaired) electrons. The molecule has 1 saturated carbocycles. The van der Waals surface area contributed by atoms with Crippen molar-refractivity contribution in [1.29, 1.82) is 0 Å². The normalized spacial score (nSPS) is 21.9. The number of ether oxygens (including phenoxy) is 2. The lowest BCUT2D eigenvalue weighted by molar-refractivity contribution is 0.000955. The number of phenolic OH excluding ortho intramolecular Hbond substituents is 1. The highest BCUT2D eigenvalue weighted by atomic mass is 35.5. The quantitative estimate of drug-likeness (QED) is 0.498. The molecule has 2 saturated heterocycles. The van der Waals surface area contributed by atoms with E-state index in [1.165, 1.54) is 31.0 Å². The molecule has 3 aliphatic heterocycles. The van der Waals surface area contributed by atoms with Crippen LogP contribution in [0.4, 0.5) is 15.0 Å². The molecule has 1 aliphatic carbocycles. The van der Waals surface area contributed by atoms with Gasteiger partial charge in [-0.25, -0.2) is 14.2 Å². The average Bonchev–Trinajstić information content (AvgIpc) is 3.52. The fourth-order valence-electron chi connectivity index (χ4n) is 6.73. The van der Waals surface area contributed by atoms with E-state index in [1.54, 1.807) is 9.80 Å². The van der Waals surface area contributed by atoms with Crippen LogP contribution in [0.15, 0.2) is 18.2 Å². The predicted octanol–water partition coefficient (Wildman–Crippen LogP) is 5.47. The Labute approximate surface area is 244 Å². The van der Waals surface area contributed by atoms with Crippen molar-refractivity contribution in [3.8, 4) is 22.8 Å². The van der Waals surface area contributed by atoms with Gasteiger partial charge in [-0.2, -0.15) is 0 Å². The molecular formula is C30H36ClFN4O5. The average molecular weight is 587 g/mol. The van der Waals surface area contributed by atoms with Crippen LogP contribution in [0.3, 0.4) is 0 Å². The van der Waals surface area contributed by atoms with E-state index < -0.39 is 23.6 Å². The highest BCUT2D eigenvalue weighted by molar-refractivity contribution is 6.35. The van der Waals surface area contributed by atoms with Gasteiger partial charge in [0.2, 0.25) is 0 Å². The Morgan fingerprint density at radius 2 is 1.93 bits per heavy atom. The van der Waals surface area contributed by atoms with Crippen molar-refractivity contribution in [3.63, 3.8) is 0 Å². The molecule has 1 atom stereocenters. The summed E-state index contributed by atoms with van der Waals surface area (Å²) < 4.78 is 26.9. The van der Waals surface area contributed by atoms with E-state index in [0.717, 1.165) is 25.8 Å². The molecule has 0 bridgehead atoms. The van der Waals surface area contributed by atoms with Crippen LogP contribution in [0, 0.1) is 11.2 Å². The molecule has 3 fully saturated rings. The van der Waals surface area contributed by atoms with E-state index in [1.807, 2.05) is 20.8 Å². The number of aromatic hydroxyl groups is 1. The summed E-state index contributed by atoms with van der Waals surface area (Å²) in [6, 6.07) is 3.58. The van der Waals surface area contributed by atoms with Gasteiger partial charge in [-0.05, 0) is 57.6 Å². The summed E-state index contributed by atoms with van der Waals surface area (Å²) in [5.74, 6) is -0.739. The topological polar surface area (TPSA) is 95.4 Å². The maximum absolute atomic E-state index is 15.1. The minimum atomic E-state index is -0.677. The van der Waals surface area contributed by atoms with Crippen molar-refractivity contribution in [2.45, 2.75) is 64.5 Å². The minimum absolute atomic E-state index is 0.0314. The van der Waals surface area contributed by atoms with Gasteiger partial charge in [0.25, 0.3) is 5.91 Å². The number of amides is 2. The summed E-state index contributed by atoms with van der Waals surface area (Å²) in [5.41, 5.74) is -0.324. The first-order valence-corrected chi connectivity index (χ1v) is 14.7. The first-order chi connectivity index (χ1) is 19.5.